The molecular weight excluding hydrogens is 258 g/mol. The quantitative estimate of drug-likeness (QED) is 0.917. The number of anilines is 1. The minimum absolute atomic E-state index is 0.564. The fraction of sp³-hybridized carbons (Fsp3) is 0.333. The van der Waals surface area contributed by atoms with Gasteiger partial charge >= 0.3 is 0 Å². The Kier molecular flexibility index (Phi) is 2.77. The van der Waals surface area contributed by atoms with Gasteiger partial charge in [-0.3, -0.25) is 9.36 Å². The predicted molar refractivity (Wildman–Crippen MR) is 61.3 cm³/mol. The van der Waals surface area contributed by atoms with E-state index in [0.29, 0.717) is 5.82 Å². The number of hydrogen-bond donors (Lipinski definition) is 1. The molecule has 0 radical (unpaired) electrons. The van der Waals surface area contributed by atoms with E-state index in [1.54, 1.807) is 6.20 Å². The lowest BCUT2D eigenvalue weighted by Gasteiger charge is -2.03. The largest absolute Gasteiger partial charge is 0.382 e. The van der Waals surface area contributed by atoms with Crippen molar-refractivity contribution in [2.45, 2.75) is 20.0 Å². The Balaban J connectivity index is 2.01. The zero-order chi connectivity index (χ0) is 10.8. The molecule has 2 N–H and O–H groups in total. The van der Waals surface area contributed by atoms with Crippen LogP contribution in [0.15, 0.2) is 22.9 Å². The smallest absolute Gasteiger partial charge is 0.145 e. The molecule has 2 rings (SSSR count). The van der Waals surface area contributed by atoms with E-state index in [1.807, 2.05) is 28.6 Å². The molecule has 0 aliphatic heterocycles. The Morgan fingerprint density at radius 2 is 2.27 bits per heavy atom. The second-order valence-corrected chi connectivity index (χ2v) is 4.27. The van der Waals surface area contributed by atoms with Crippen molar-refractivity contribution in [3.63, 3.8) is 0 Å². The van der Waals surface area contributed by atoms with Gasteiger partial charge in [0.15, 0.2) is 0 Å². The summed E-state index contributed by atoms with van der Waals surface area (Å²) in [6.07, 6.45) is 3.70. The molecule has 0 spiro atoms. The molecule has 0 fully saturated rings. The molecule has 0 aliphatic rings. The van der Waals surface area contributed by atoms with E-state index in [4.69, 9.17) is 5.73 Å². The minimum atomic E-state index is 0.564. The molecular formula is C9H12BrN5. The van der Waals surface area contributed by atoms with Crippen LogP contribution < -0.4 is 5.73 Å². The summed E-state index contributed by atoms with van der Waals surface area (Å²) in [6.45, 7) is 3.55. The van der Waals surface area contributed by atoms with E-state index < -0.39 is 0 Å². The summed E-state index contributed by atoms with van der Waals surface area (Å²) >= 11 is 3.35. The van der Waals surface area contributed by atoms with Crippen LogP contribution in [0.3, 0.4) is 0 Å². The Morgan fingerprint density at radius 1 is 1.47 bits per heavy atom. The lowest BCUT2D eigenvalue weighted by Crippen LogP contribution is -2.10. The van der Waals surface area contributed by atoms with E-state index in [-0.39, 0.29) is 0 Å². The van der Waals surface area contributed by atoms with Gasteiger partial charge in [-0.1, -0.05) is 0 Å². The number of aromatic nitrogens is 4. The molecule has 6 heteroatoms. The number of nitrogens with two attached hydrogens (primary N) is 1. The van der Waals surface area contributed by atoms with E-state index in [0.717, 1.165) is 23.3 Å². The fourth-order valence-corrected chi connectivity index (χ4v) is 1.75. The van der Waals surface area contributed by atoms with Crippen molar-refractivity contribution in [2.24, 2.45) is 0 Å². The van der Waals surface area contributed by atoms with Crippen LogP contribution in [0.4, 0.5) is 5.82 Å². The zero-order valence-corrected chi connectivity index (χ0v) is 9.98. The first-order chi connectivity index (χ1) is 7.15. The third-order valence-electron chi connectivity index (χ3n) is 2.14. The van der Waals surface area contributed by atoms with Crippen LogP contribution in [0.1, 0.15) is 5.69 Å². The van der Waals surface area contributed by atoms with Gasteiger partial charge in [-0.25, -0.2) is 0 Å². The summed E-state index contributed by atoms with van der Waals surface area (Å²) in [5.41, 5.74) is 6.66. The number of hydrogen-bond acceptors (Lipinski definition) is 3. The highest BCUT2D eigenvalue weighted by atomic mass is 79.9. The molecule has 5 nitrogen and oxygen atoms in total. The van der Waals surface area contributed by atoms with Crippen LogP contribution in [0.25, 0.3) is 0 Å². The Bertz CT molecular complexity index is 459. The fourth-order valence-electron chi connectivity index (χ4n) is 1.42. The van der Waals surface area contributed by atoms with Crippen molar-refractivity contribution in [1.29, 1.82) is 0 Å². The average molecular weight is 270 g/mol. The van der Waals surface area contributed by atoms with Crippen LogP contribution in [-0.2, 0) is 13.1 Å². The summed E-state index contributed by atoms with van der Waals surface area (Å²) in [5.74, 6) is 0.564. The molecule has 80 valence electrons. The molecule has 0 amide bonds. The van der Waals surface area contributed by atoms with Gasteiger partial charge in [0.1, 0.15) is 5.82 Å². The van der Waals surface area contributed by atoms with Crippen molar-refractivity contribution in [3.8, 4) is 0 Å². The highest BCUT2D eigenvalue weighted by molar-refractivity contribution is 9.10. The lowest BCUT2D eigenvalue weighted by molar-refractivity contribution is 0.493. The van der Waals surface area contributed by atoms with Crippen molar-refractivity contribution >= 4 is 21.7 Å². The first-order valence-electron chi connectivity index (χ1n) is 4.63. The normalized spacial score (nSPS) is 10.8. The van der Waals surface area contributed by atoms with E-state index in [1.165, 1.54) is 0 Å². The molecule has 0 unspecified atom stereocenters. The van der Waals surface area contributed by atoms with Crippen LogP contribution in [0, 0.1) is 6.92 Å². The summed E-state index contributed by atoms with van der Waals surface area (Å²) in [6, 6.07) is 1.86. The Morgan fingerprint density at radius 3 is 2.80 bits per heavy atom. The third-order valence-corrected chi connectivity index (χ3v) is 2.55. The molecule has 0 saturated carbocycles. The van der Waals surface area contributed by atoms with E-state index >= 15 is 0 Å². The third kappa shape index (κ3) is 2.38. The first kappa shape index (κ1) is 10.2. The predicted octanol–water partition coefficient (Wildman–Crippen LogP) is 1.43. The summed E-state index contributed by atoms with van der Waals surface area (Å²) < 4.78 is 4.73. The van der Waals surface area contributed by atoms with Crippen LogP contribution in [-0.4, -0.2) is 19.6 Å². The molecule has 0 aromatic carbocycles. The van der Waals surface area contributed by atoms with Gasteiger partial charge in [-0.05, 0) is 22.9 Å². The van der Waals surface area contributed by atoms with Gasteiger partial charge in [-0.2, -0.15) is 10.2 Å². The zero-order valence-electron chi connectivity index (χ0n) is 8.39. The maximum absolute atomic E-state index is 5.59. The number of halogens is 1. The van der Waals surface area contributed by atoms with Crippen molar-refractivity contribution in [2.75, 3.05) is 5.73 Å². The van der Waals surface area contributed by atoms with E-state index in [9.17, 15) is 0 Å². The Hall–Kier alpha value is -1.30. The lowest BCUT2D eigenvalue weighted by atomic mass is 10.4. The topological polar surface area (TPSA) is 61.7 Å². The molecule has 0 atom stereocenters. The minimum Gasteiger partial charge on any atom is -0.382 e. The van der Waals surface area contributed by atoms with Crippen molar-refractivity contribution in [1.82, 2.24) is 19.6 Å². The van der Waals surface area contributed by atoms with Gasteiger partial charge in [0.05, 0.1) is 23.8 Å². The number of aryl methyl sites for hydroxylation is 3. The van der Waals surface area contributed by atoms with Gasteiger partial charge in [0, 0.05) is 18.0 Å². The highest BCUT2D eigenvalue weighted by Gasteiger charge is 2.01. The van der Waals surface area contributed by atoms with E-state index in [2.05, 4.69) is 26.1 Å². The van der Waals surface area contributed by atoms with Crippen molar-refractivity contribution < 1.29 is 0 Å². The van der Waals surface area contributed by atoms with Crippen LogP contribution >= 0.6 is 15.9 Å². The highest BCUT2D eigenvalue weighted by Crippen LogP contribution is 2.07. The molecule has 0 saturated heterocycles. The average Bonchev–Trinajstić information content (AvgIpc) is 2.70. The standard InChI is InChI=1S/C9H12BrN5/c1-7-4-9(11)13-15(7)3-2-14-6-8(10)5-12-14/h4-6H,2-3H2,1H3,(H2,11,13). The molecule has 2 aromatic rings. The SMILES string of the molecule is Cc1cc(N)nn1CCn1cc(Br)cn1. The van der Waals surface area contributed by atoms with Gasteiger partial charge in [-0.15, -0.1) is 0 Å². The second-order valence-electron chi connectivity index (χ2n) is 3.36. The number of rotatable bonds is 3. The summed E-state index contributed by atoms with van der Waals surface area (Å²) in [4.78, 5) is 0. The molecule has 0 bridgehead atoms. The van der Waals surface area contributed by atoms with Gasteiger partial charge in [0.2, 0.25) is 0 Å². The Labute approximate surface area is 96.0 Å². The van der Waals surface area contributed by atoms with Crippen LogP contribution in [0.5, 0.6) is 0 Å². The first-order valence-corrected chi connectivity index (χ1v) is 5.42. The van der Waals surface area contributed by atoms with Gasteiger partial charge in [0.25, 0.3) is 0 Å². The summed E-state index contributed by atoms with van der Waals surface area (Å²) in [7, 11) is 0. The molecule has 15 heavy (non-hydrogen) atoms. The second kappa shape index (κ2) is 4.06. The summed E-state index contributed by atoms with van der Waals surface area (Å²) in [5, 5.41) is 8.34. The molecule has 2 aromatic heterocycles. The van der Waals surface area contributed by atoms with Gasteiger partial charge < -0.3 is 5.73 Å². The number of nitrogen functional groups attached to an aromatic ring is 1. The monoisotopic (exact) mass is 269 g/mol. The molecule has 2 heterocycles. The van der Waals surface area contributed by atoms with Crippen molar-refractivity contribution in [3.05, 3.63) is 28.6 Å². The molecule has 0 aliphatic carbocycles. The van der Waals surface area contributed by atoms with Crippen LogP contribution in [0.2, 0.25) is 0 Å². The maximum Gasteiger partial charge on any atom is 0.145 e. The maximum atomic E-state index is 5.59. The number of nitrogens with zero attached hydrogens (tertiary/aromatic N) is 4.